The van der Waals surface area contributed by atoms with E-state index in [1.54, 1.807) is 12.1 Å². The number of rotatable bonds is 11. The molecule has 4 rings (SSSR count). The highest BCUT2D eigenvalue weighted by atomic mass is 79.9. The molecule has 1 fully saturated rings. The van der Waals surface area contributed by atoms with Crippen LogP contribution < -0.4 is 24.5 Å². The zero-order chi connectivity index (χ0) is 27.3. The monoisotopic (exact) mass is 610 g/mol. The van der Waals surface area contributed by atoms with Crippen molar-refractivity contribution in [1.82, 2.24) is 19.6 Å². The number of fused-ring (bicyclic) bond motifs is 1. The number of hydrogen-bond donors (Lipinski definition) is 2. The lowest BCUT2D eigenvalue weighted by Gasteiger charge is -2.26. The van der Waals surface area contributed by atoms with E-state index in [-0.39, 0.29) is 22.7 Å². The number of H-pyrrole nitrogens is 1. The number of hydrogen-bond acceptors (Lipinski definition) is 9. The summed E-state index contributed by atoms with van der Waals surface area (Å²) in [5, 5.41) is 0.230. The van der Waals surface area contributed by atoms with E-state index in [4.69, 9.17) is 18.9 Å². The predicted octanol–water partition coefficient (Wildman–Crippen LogP) is 2.77. The number of methoxy groups -OCH3 is 2. The third kappa shape index (κ3) is 6.12. The number of aromatic nitrogens is 2. The minimum absolute atomic E-state index is 0.0309. The van der Waals surface area contributed by atoms with Gasteiger partial charge in [-0.05, 0) is 40.5 Å². The van der Waals surface area contributed by atoms with Crippen molar-refractivity contribution >= 4 is 36.9 Å². The SMILES string of the molecule is CCCOc1ccc(S(=O)(=O)NCCN2CCOCC2)cc1-c1nc2c(Br)c(OC)cc(OC)c2c(=O)[nH]1. The molecule has 13 heteroatoms. The Hall–Kier alpha value is -2.71. The van der Waals surface area contributed by atoms with Crippen molar-refractivity contribution in [2.24, 2.45) is 0 Å². The molecule has 0 unspecified atom stereocenters. The summed E-state index contributed by atoms with van der Waals surface area (Å²) < 4.78 is 51.4. The first-order valence-electron chi connectivity index (χ1n) is 12.2. The van der Waals surface area contributed by atoms with Gasteiger partial charge in [-0.3, -0.25) is 9.69 Å². The largest absolute Gasteiger partial charge is 0.496 e. The molecule has 2 aromatic carbocycles. The van der Waals surface area contributed by atoms with Gasteiger partial charge in [0.25, 0.3) is 5.56 Å². The lowest BCUT2D eigenvalue weighted by molar-refractivity contribution is 0.0390. The Balaban J connectivity index is 1.75. The van der Waals surface area contributed by atoms with Gasteiger partial charge in [0.05, 0.1) is 54.5 Å². The Morgan fingerprint density at radius 3 is 2.55 bits per heavy atom. The van der Waals surface area contributed by atoms with Crippen LogP contribution in [0.1, 0.15) is 13.3 Å². The van der Waals surface area contributed by atoms with Gasteiger partial charge >= 0.3 is 0 Å². The predicted molar refractivity (Wildman–Crippen MR) is 147 cm³/mol. The summed E-state index contributed by atoms with van der Waals surface area (Å²) in [6.07, 6.45) is 0.740. The molecule has 0 spiro atoms. The maximum absolute atomic E-state index is 13.2. The van der Waals surface area contributed by atoms with Crippen LogP contribution in [0.5, 0.6) is 17.2 Å². The fourth-order valence-electron chi connectivity index (χ4n) is 4.11. The first kappa shape index (κ1) is 28.3. The highest BCUT2D eigenvalue weighted by molar-refractivity contribution is 9.10. The lowest BCUT2D eigenvalue weighted by atomic mass is 10.1. The molecule has 2 heterocycles. The topological polar surface area (TPSA) is 132 Å². The fraction of sp³-hybridized carbons (Fsp3) is 0.440. The Morgan fingerprint density at radius 2 is 1.87 bits per heavy atom. The van der Waals surface area contributed by atoms with Crippen LogP contribution in [0.15, 0.2) is 38.4 Å². The molecule has 1 saturated heterocycles. The van der Waals surface area contributed by atoms with E-state index in [1.807, 2.05) is 6.92 Å². The molecule has 38 heavy (non-hydrogen) atoms. The fourth-order valence-corrected chi connectivity index (χ4v) is 5.72. The second-order valence-corrected chi connectivity index (χ2v) is 11.2. The van der Waals surface area contributed by atoms with Crippen molar-refractivity contribution < 1.29 is 27.4 Å². The van der Waals surface area contributed by atoms with Gasteiger partial charge in [0, 0.05) is 32.2 Å². The first-order valence-corrected chi connectivity index (χ1v) is 14.5. The molecule has 11 nitrogen and oxygen atoms in total. The van der Waals surface area contributed by atoms with Crippen LogP contribution in [0.25, 0.3) is 22.3 Å². The minimum Gasteiger partial charge on any atom is -0.496 e. The summed E-state index contributed by atoms with van der Waals surface area (Å²) in [7, 11) is -0.896. The summed E-state index contributed by atoms with van der Waals surface area (Å²) in [5.74, 6) is 1.27. The van der Waals surface area contributed by atoms with Crippen molar-refractivity contribution in [3.63, 3.8) is 0 Å². The van der Waals surface area contributed by atoms with Gasteiger partial charge in [0.2, 0.25) is 10.0 Å². The maximum atomic E-state index is 13.2. The van der Waals surface area contributed by atoms with Gasteiger partial charge in [-0.25, -0.2) is 18.1 Å². The highest BCUT2D eigenvalue weighted by Crippen LogP contribution is 2.38. The average molecular weight is 612 g/mol. The molecular formula is C25H31BrN4O7S. The smallest absolute Gasteiger partial charge is 0.262 e. The van der Waals surface area contributed by atoms with Crippen LogP contribution in [0, 0.1) is 0 Å². The quantitative estimate of drug-likeness (QED) is 0.336. The van der Waals surface area contributed by atoms with Crippen molar-refractivity contribution in [2.45, 2.75) is 18.2 Å². The van der Waals surface area contributed by atoms with Crippen LogP contribution in [0.4, 0.5) is 0 Å². The Labute approximate surface area is 229 Å². The molecule has 0 amide bonds. The maximum Gasteiger partial charge on any atom is 0.262 e. The van der Waals surface area contributed by atoms with Gasteiger partial charge in [-0.1, -0.05) is 6.92 Å². The number of sulfonamides is 1. The van der Waals surface area contributed by atoms with E-state index in [0.717, 1.165) is 19.5 Å². The number of aromatic amines is 1. The number of nitrogens with zero attached hydrogens (tertiary/aromatic N) is 2. The first-order chi connectivity index (χ1) is 18.3. The molecule has 206 valence electrons. The number of nitrogens with one attached hydrogen (secondary N) is 2. The van der Waals surface area contributed by atoms with Gasteiger partial charge in [0.1, 0.15) is 28.5 Å². The Bertz CT molecular complexity index is 1460. The van der Waals surface area contributed by atoms with E-state index >= 15 is 0 Å². The zero-order valence-corrected chi connectivity index (χ0v) is 23.9. The highest BCUT2D eigenvalue weighted by Gasteiger charge is 2.22. The molecule has 1 aliphatic rings. The number of morpholine rings is 1. The van der Waals surface area contributed by atoms with Crippen molar-refractivity contribution in [3.05, 3.63) is 39.1 Å². The van der Waals surface area contributed by atoms with Crippen molar-refractivity contribution in [3.8, 4) is 28.6 Å². The van der Waals surface area contributed by atoms with E-state index in [9.17, 15) is 13.2 Å². The normalized spacial score (nSPS) is 14.5. The van der Waals surface area contributed by atoms with E-state index in [2.05, 4.69) is 35.5 Å². The molecular weight excluding hydrogens is 580 g/mol. The molecule has 0 aliphatic carbocycles. The molecule has 0 bridgehead atoms. The second-order valence-electron chi connectivity index (χ2n) is 8.59. The summed E-state index contributed by atoms with van der Waals surface area (Å²) in [5.41, 5.74) is 0.184. The summed E-state index contributed by atoms with van der Waals surface area (Å²) in [6, 6.07) is 6.10. The van der Waals surface area contributed by atoms with Gasteiger partial charge in [0.15, 0.2) is 0 Å². The number of halogens is 1. The van der Waals surface area contributed by atoms with Gasteiger partial charge in [-0.15, -0.1) is 0 Å². The molecule has 1 aliphatic heterocycles. The summed E-state index contributed by atoms with van der Waals surface area (Å²) in [4.78, 5) is 22.8. The van der Waals surface area contributed by atoms with Crippen LogP contribution >= 0.6 is 15.9 Å². The molecule has 0 saturated carbocycles. The van der Waals surface area contributed by atoms with Crippen molar-refractivity contribution in [2.75, 3.05) is 60.2 Å². The summed E-state index contributed by atoms with van der Waals surface area (Å²) in [6.45, 7) is 6.00. The van der Waals surface area contributed by atoms with Crippen LogP contribution in [-0.2, 0) is 14.8 Å². The van der Waals surface area contributed by atoms with E-state index in [1.165, 1.54) is 26.4 Å². The molecule has 0 atom stereocenters. The molecule has 3 aromatic rings. The van der Waals surface area contributed by atoms with Gasteiger partial charge < -0.3 is 23.9 Å². The number of benzene rings is 2. The summed E-state index contributed by atoms with van der Waals surface area (Å²) >= 11 is 3.47. The van der Waals surface area contributed by atoms with Crippen molar-refractivity contribution in [1.29, 1.82) is 0 Å². The number of ether oxygens (including phenoxy) is 4. The standard InChI is InChI=1S/C25H31BrN4O7S/c1-4-11-37-18-6-5-16(38(32,33)27-7-8-30-9-12-36-13-10-30)14-17(18)24-28-23-21(25(31)29-24)19(34-2)15-20(35-3)22(23)26/h5-6,14-15,27H,4,7-13H2,1-3H3,(H,28,29,31). The van der Waals surface area contributed by atoms with Crippen LogP contribution in [0.2, 0.25) is 0 Å². The molecule has 1 aromatic heterocycles. The Kier molecular flexibility index (Phi) is 9.26. The molecule has 2 N–H and O–H groups in total. The second kappa shape index (κ2) is 12.4. The molecule has 0 radical (unpaired) electrons. The zero-order valence-electron chi connectivity index (χ0n) is 21.5. The van der Waals surface area contributed by atoms with E-state index < -0.39 is 15.6 Å². The van der Waals surface area contributed by atoms with Crippen LogP contribution in [-0.4, -0.2) is 83.5 Å². The van der Waals surface area contributed by atoms with E-state index in [0.29, 0.717) is 59.2 Å². The average Bonchev–Trinajstić information content (AvgIpc) is 2.92. The third-order valence-electron chi connectivity index (χ3n) is 6.09. The Morgan fingerprint density at radius 1 is 1.13 bits per heavy atom. The van der Waals surface area contributed by atoms with Crippen LogP contribution in [0.3, 0.4) is 0 Å². The van der Waals surface area contributed by atoms with Gasteiger partial charge in [-0.2, -0.15) is 0 Å². The lowest BCUT2D eigenvalue weighted by Crippen LogP contribution is -2.41. The minimum atomic E-state index is -3.84. The third-order valence-corrected chi connectivity index (χ3v) is 8.32.